The summed E-state index contributed by atoms with van der Waals surface area (Å²) in [6, 6.07) is 9.07. The first-order valence-electron chi connectivity index (χ1n) is 11.8. The molecule has 2 aliphatic rings. The molecule has 3 heterocycles. The van der Waals surface area contributed by atoms with Crippen LogP contribution in [0.5, 0.6) is 11.5 Å². The number of nitrogens with zero attached hydrogens (tertiary/aromatic N) is 1. The minimum absolute atomic E-state index is 0.00835. The summed E-state index contributed by atoms with van der Waals surface area (Å²) in [5, 5.41) is 0.378. The fraction of sp³-hybridized carbons (Fsp3) is 0.333. The zero-order chi connectivity index (χ0) is 25.6. The summed E-state index contributed by atoms with van der Waals surface area (Å²) < 4.78 is 42.2. The van der Waals surface area contributed by atoms with E-state index in [1.165, 1.54) is 4.90 Å². The monoisotopic (exact) mass is 509 g/mol. The number of sulfone groups is 1. The van der Waals surface area contributed by atoms with Gasteiger partial charge in [0, 0.05) is 6.04 Å². The highest BCUT2D eigenvalue weighted by molar-refractivity contribution is 7.91. The molecule has 1 aromatic heterocycles. The second kappa shape index (κ2) is 9.13. The molecule has 8 nitrogen and oxygen atoms in total. The normalized spacial score (nSPS) is 20.5. The minimum atomic E-state index is -3.29. The Balaban J connectivity index is 1.72. The molecule has 2 atom stereocenters. The van der Waals surface area contributed by atoms with Gasteiger partial charge in [-0.05, 0) is 50.1 Å². The van der Waals surface area contributed by atoms with Crippen LogP contribution in [0.25, 0.3) is 11.0 Å². The van der Waals surface area contributed by atoms with Crippen molar-refractivity contribution < 1.29 is 27.1 Å². The fourth-order valence-corrected chi connectivity index (χ4v) is 6.75. The van der Waals surface area contributed by atoms with Crippen molar-refractivity contribution in [2.24, 2.45) is 0 Å². The summed E-state index contributed by atoms with van der Waals surface area (Å²) in [6.45, 7) is 8.05. The van der Waals surface area contributed by atoms with E-state index in [2.05, 4.69) is 6.58 Å². The molecule has 0 aliphatic carbocycles. The Bertz CT molecular complexity index is 1540. The zero-order valence-corrected chi connectivity index (χ0v) is 21.0. The maximum Gasteiger partial charge on any atom is 0.291 e. The molecule has 3 aromatic rings. The third-order valence-corrected chi connectivity index (χ3v) is 8.35. The largest absolute Gasteiger partial charge is 0.490 e. The Kier molecular flexibility index (Phi) is 6.12. The summed E-state index contributed by atoms with van der Waals surface area (Å²) in [7, 11) is -3.29. The molecule has 188 valence electrons. The van der Waals surface area contributed by atoms with E-state index in [0.717, 1.165) is 5.56 Å². The van der Waals surface area contributed by atoms with E-state index in [4.69, 9.17) is 13.9 Å². The smallest absolute Gasteiger partial charge is 0.291 e. The van der Waals surface area contributed by atoms with Crippen LogP contribution in [-0.4, -0.2) is 50.0 Å². The summed E-state index contributed by atoms with van der Waals surface area (Å²) in [5.74, 6) is 0.261. The first-order valence-corrected chi connectivity index (χ1v) is 13.7. The first-order chi connectivity index (χ1) is 17.2. The Morgan fingerprint density at radius 3 is 2.64 bits per heavy atom. The van der Waals surface area contributed by atoms with Gasteiger partial charge in [-0.15, -0.1) is 0 Å². The van der Waals surface area contributed by atoms with Crippen molar-refractivity contribution >= 4 is 26.7 Å². The lowest BCUT2D eigenvalue weighted by Crippen LogP contribution is -2.40. The lowest BCUT2D eigenvalue weighted by atomic mass is 9.97. The van der Waals surface area contributed by atoms with Crippen molar-refractivity contribution in [3.05, 3.63) is 81.7 Å². The van der Waals surface area contributed by atoms with Crippen LogP contribution in [0.3, 0.4) is 0 Å². The topological polar surface area (TPSA) is 103 Å². The number of ether oxygens (including phenoxy) is 2. The Hall–Kier alpha value is -3.59. The number of hydrogen-bond acceptors (Lipinski definition) is 7. The number of fused-ring (bicyclic) bond motifs is 2. The van der Waals surface area contributed by atoms with Gasteiger partial charge >= 0.3 is 0 Å². The molecule has 2 unspecified atom stereocenters. The van der Waals surface area contributed by atoms with Crippen LogP contribution in [0, 0.1) is 6.92 Å². The van der Waals surface area contributed by atoms with Crippen LogP contribution in [-0.2, 0) is 9.84 Å². The van der Waals surface area contributed by atoms with Gasteiger partial charge < -0.3 is 18.8 Å². The van der Waals surface area contributed by atoms with E-state index in [-0.39, 0.29) is 34.9 Å². The Morgan fingerprint density at radius 1 is 1.14 bits per heavy atom. The van der Waals surface area contributed by atoms with Crippen LogP contribution in [0.2, 0.25) is 0 Å². The number of hydrogen-bond donors (Lipinski definition) is 0. The molecule has 9 heteroatoms. The first kappa shape index (κ1) is 24.1. The van der Waals surface area contributed by atoms with Crippen molar-refractivity contribution in [2.45, 2.75) is 32.4 Å². The Morgan fingerprint density at radius 2 is 1.94 bits per heavy atom. The quantitative estimate of drug-likeness (QED) is 0.446. The van der Waals surface area contributed by atoms with Gasteiger partial charge in [0.05, 0.1) is 35.1 Å². The third kappa shape index (κ3) is 4.07. The lowest BCUT2D eigenvalue weighted by Gasteiger charge is -2.30. The van der Waals surface area contributed by atoms with Crippen molar-refractivity contribution in [1.29, 1.82) is 0 Å². The van der Waals surface area contributed by atoms with Gasteiger partial charge in [-0.1, -0.05) is 30.4 Å². The highest BCUT2D eigenvalue weighted by atomic mass is 32.2. The molecule has 0 bridgehead atoms. The summed E-state index contributed by atoms with van der Waals surface area (Å²) in [6.07, 6.45) is 1.92. The van der Waals surface area contributed by atoms with Gasteiger partial charge in [0.1, 0.15) is 12.2 Å². The van der Waals surface area contributed by atoms with Crippen molar-refractivity contribution in [3.63, 3.8) is 0 Å². The lowest BCUT2D eigenvalue weighted by molar-refractivity contribution is 0.0662. The van der Waals surface area contributed by atoms with Crippen molar-refractivity contribution in [2.75, 3.05) is 24.7 Å². The van der Waals surface area contributed by atoms with Crippen molar-refractivity contribution in [3.8, 4) is 11.5 Å². The van der Waals surface area contributed by atoms with Crippen LogP contribution in [0.15, 0.2) is 58.3 Å². The molecular weight excluding hydrogens is 482 g/mol. The number of carbonyl (C=O) groups is 1. The number of carbonyl (C=O) groups excluding carboxylic acids is 1. The van der Waals surface area contributed by atoms with Crippen LogP contribution >= 0.6 is 0 Å². The molecular formula is C27H27NO7S. The molecule has 0 saturated carbocycles. The number of benzene rings is 2. The molecule has 1 amide bonds. The van der Waals surface area contributed by atoms with Gasteiger partial charge in [-0.3, -0.25) is 9.59 Å². The van der Waals surface area contributed by atoms with E-state index in [0.29, 0.717) is 41.1 Å². The fourth-order valence-electron chi connectivity index (χ4n) is 5.03. The summed E-state index contributed by atoms with van der Waals surface area (Å²) >= 11 is 0. The molecule has 1 fully saturated rings. The highest BCUT2D eigenvalue weighted by Gasteiger charge is 2.48. The van der Waals surface area contributed by atoms with Gasteiger partial charge in [0.15, 0.2) is 26.8 Å². The molecule has 1 saturated heterocycles. The molecule has 0 N–H and O–H groups in total. The van der Waals surface area contributed by atoms with E-state index in [1.54, 1.807) is 36.4 Å². The molecule has 0 radical (unpaired) electrons. The second-order valence-corrected chi connectivity index (χ2v) is 11.3. The third-order valence-electron chi connectivity index (χ3n) is 6.60. The van der Waals surface area contributed by atoms with Gasteiger partial charge in [0.25, 0.3) is 5.91 Å². The number of rotatable bonds is 7. The molecule has 5 rings (SSSR count). The van der Waals surface area contributed by atoms with Gasteiger partial charge in [-0.2, -0.15) is 0 Å². The van der Waals surface area contributed by atoms with Gasteiger partial charge in [0.2, 0.25) is 5.76 Å². The predicted octanol–water partition coefficient (Wildman–Crippen LogP) is 3.80. The SMILES string of the molecule is C=CCOc1ccc(C2c3c(oc4ccc(C)cc4c3=O)C(=O)N2C2CCS(=O)(=O)C2)cc1OCC. The molecule has 0 spiro atoms. The molecule has 2 aromatic carbocycles. The van der Waals surface area contributed by atoms with Crippen LogP contribution < -0.4 is 14.9 Å². The average Bonchev–Trinajstić information content (AvgIpc) is 3.35. The number of aryl methyl sites for hydroxylation is 1. The summed E-state index contributed by atoms with van der Waals surface area (Å²) in [5.41, 5.74) is 1.73. The predicted molar refractivity (Wildman–Crippen MR) is 136 cm³/mol. The molecule has 36 heavy (non-hydrogen) atoms. The number of amides is 1. The van der Waals surface area contributed by atoms with Crippen LogP contribution in [0.1, 0.15) is 46.6 Å². The maximum absolute atomic E-state index is 13.8. The van der Waals surface area contributed by atoms with Crippen molar-refractivity contribution in [1.82, 2.24) is 4.90 Å². The van der Waals surface area contributed by atoms with E-state index in [1.807, 2.05) is 19.9 Å². The zero-order valence-electron chi connectivity index (χ0n) is 20.2. The van der Waals surface area contributed by atoms with Crippen LogP contribution in [0.4, 0.5) is 0 Å². The average molecular weight is 510 g/mol. The maximum atomic E-state index is 13.8. The molecule has 2 aliphatic heterocycles. The van der Waals surface area contributed by atoms with Gasteiger partial charge in [-0.25, -0.2) is 8.42 Å². The second-order valence-electron chi connectivity index (χ2n) is 9.08. The van der Waals surface area contributed by atoms with E-state index < -0.39 is 27.8 Å². The van der Waals surface area contributed by atoms with E-state index >= 15 is 0 Å². The Labute approximate surface area is 209 Å². The standard InChI is InChI=1S/C27H27NO7S/c1-4-11-34-21-9-7-17(14-22(21)33-5-2)24-23-25(29)19-13-16(3)6-8-20(19)35-26(23)27(30)28(24)18-10-12-36(31,32)15-18/h4,6-9,13-14,18,24H,1,5,10-12,15H2,2-3H3. The van der Waals surface area contributed by atoms with E-state index in [9.17, 15) is 18.0 Å². The highest BCUT2D eigenvalue weighted by Crippen LogP contribution is 2.43. The summed E-state index contributed by atoms with van der Waals surface area (Å²) in [4.78, 5) is 29.0. The minimum Gasteiger partial charge on any atom is -0.490 e.